The lowest BCUT2D eigenvalue weighted by Crippen LogP contribution is -2.41. The first-order valence-electron chi connectivity index (χ1n) is 13.4. The van der Waals surface area contributed by atoms with Gasteiger partial charge in [-0.3, -0.25) is 0 Å². The summed E-state index contributed by atoms with van der Waals surface area (Å²) in [7, 11) is 0. The summed E-state index contributed by atoms with van der Waals surface area (Å²) in [6.07, 6.45) is 0. The van der Waals surface area contributed by atoms with Crippen molar-refractivity contribution in [3.05, 3.63) is 101 Å². The highest BCUT2D eigenvalue weighted by Gasteiger charge is 2.54. The Balaban J connectivity index is 1.70. The Kier molecular flexibility index (Phi) is 7.82. The van der Waals surface area contributed by atoms with E-state index in [2.05, 4.69) is 64.6 Å². The van der Waals surface area contributed by atoms with Crippen LogP contribution in [0.4, 0.5) is 0 Å². The molecule has 196 valence electrons. The number of aromatic nitrogens is 4. The summed E-state index contributed by atoms with van der Waals surface area (Å²) in [6, 6.07) is 26.0. The van der Waals surface area contributed by atoms with Crippen LogP contribution in [0.2, 0.25) is 0 Å². The van der Waals surface area contributed by atoms with Gasteiger partial charge in [-0.1, -0.05) is 60.7 Å². The van der Waals surface area contributed by atoms with Gasteiger partial charge in [-0.15, -0.1) is 0 Å². The first-order chi connectivity index (χ1) is 18.6. The normalized spacial score (nSPS) is 20.4. The highest BCUT2D eigenvalue weighted by atomic mass is 16.5. The lowest BCUT2D eigenvalue weighted by Gasteiger charge is -2.52. The highest BCUT2D eigenvalue weighted by molar-refractivity contribution is 5.46. The molecule has 1 aliphatic rings. The van der Waals surface area contributed by atoms with Crippen molar-refractivity contribution >= 4 is 0 Å². The molecule has 0 amide bonds. The van der Waals surface area contributed by atoms with Crippen molar-refractivity contribution in [2.45, 2.75) is 51.4 Å². The summed E-state index contributed by atoms with van der Waals surface area (Å²) >= 11 is 0. The molecule has 0 radical (unpaired) electrons. The molecule has 4 aromatic rings. The first-order valence-corrected chi connectivity index (χ1v) is 13.4. The van der Waals surface area contributed by atoms with E-state index in [0.29, 0.717) is 37.7 Å². The lowest BCUT2D eigenvalue weighted by molar-refractivity contribution is 0.212. The molecule has 2 heterocycles. The van der Waals surface area contributed by atoms with E-state index < -0.39 is 0 Å². The second-order valence-corrected chi connectivity index (χ2v) is 9.35. The van der Waals surface area contributed by atoms with Gasteiger partial charge in [-0.2, -0.15) is 15.0 Å². The summed E-state index contributed by atoms with van der Waals surface area (Å²) in [4.78, 5) is 18.8. The number of ether oxygens (including phenoxy) is 3. The van der Waals surface area contributed by atoms with Crippen molar-refractivity contribution < 1.29 is 14.2 Å². The largest absolute Gasteiger partial charge is 0.478 e. The molecule has 7 heteroatoms. The quantitative estimate of drug-likeness (QED) is 0.251. The number of hydrogen-bond acceptors (Lipinski definition) is 7. The Bertz CT molecular complexity index is 1280. The van der Waals surface area contributed by atoms with E-state index in [9.17, 15) is 0 Å². The monoisotopic (exact) mass is 510 g/mol. The number of aryl methyl sites for hydroxylation is 1. The number of nitrogens with zero attached hydrogens (tertiary/aromatic N) is 4. The fourth-order valence-electron chi connectivity index (χ4n) is 5.60. The second kappa shape index (κ2) is 11.6. The van der Waals surface area contributed by atoms with E-state index in [1.165, 1.54) is 11.1 Å². The Hall–Kier alpha value is -4.00. The zero-order valence-corrected chi connectivity index (χ0v) is 22.4. The summed E-state index contributed by atoms with van der Waals surface area (Å²) in [6.45, 7) is 9.34. The molecule has 0 unspecified atom stereocenters. The third-order valence-corrected chi connectivity index (χ3v) is 6.99. The van der Waals surface area contributed by atoms with Crippen LogP contribution in [0.25, 0.3) is 0 Å². The third kappa shape index (κ3) is 5.19. The van der Waals surface area contributed by atoms with Gasteiger partial charge in [0.2, 0.25) is 5.88 Å². The fraction of sp³-hybridized carbons (Fsp3) is 0.355. The average Bonchev–Trinajstić information content (AvgIpc) is 2.90. The summed E-state index contributed by atoms with van der Waals surface area (Å²) < 4.78 is 17.3. The van der Waals surface area contributed by atoms with E-state index >= 15 is 0 Å². The third-order valence-electron chi connectivity index (χ3n) is 6.99. The molecule has 1 saturated carbocycles. The molecule has 0 aliphatic heterocycles. The number of rotatable bonds is 10. The molecule has 38 heavy (non-hydrogen) atoms. The predicted molar refractivity (Wildman–Crippen MR) is 146 cm³/mol. The summed E-state index contributed by atoms with van der Waals surface area (Å²) in [5.41, 5.74) is 5.24. The zero-order chi connectivity index (χ0) is 26.5. The van der Waals surface area contributed by atoms with Gasteiger partial charge in [-0.25, -0.2) is 4.98 Å². The van der Waals surface area contributed by atoms with Gasteiger partial charge >= 0.3 is 12.0 Å². The topological polar surface area (TPSA) is 79.2 Å². The van der Waals surface area contributed by atoms with Gasteiger partial charge in [0.15, 0.2) is 0 Å². The molecule has 2 atom stereocenters. The molecule has 1 fully saturated rings. The Morgan fingerprint density at radius 2 is 1.03 bits per heavy atom. The Labute approximate surface area is 224 Å². The Morgan fingerprint density at radius 1 is 0.553 bits per heavy atom. The maximum absolute atomic E-state index is 5.84. The number of hydrogen-bond donors (Lipinski definition) is 0. The molecule has 1 aliphatic carbocycles. The van der Waals surface area contributed by atoms with Gasteiger partial charge < -0.3 is 14.2 Å². The van der Waals surface area contributed by atoms with Gasteiger partial charge in [0.05, 0.1) is 31.2 Å². The average molecular weight is 511 g/mol. The minimum atomic E-state index is 0.0528. The second-order valence-electron chi connectivity index (χ2n) is 9.35. The minimum Gasteiger partial charge on any atom is -0.478 e. The molecular weight excluding hydrogens is 476 g/mol. The molecule has 0 saturated heterocycles. The summed E-state index contributed by atoms with van der Waals surface area (Å²) in [5, 5.41) is 0. The molecule has 0 spiro atoms. The van der Waals surface area contributed by atoms with Crippen LogP contribution in [0.15, 0.2) is 72.8 Å². The van der Waals surface area contributed by atoms with E-state index in [-0.39, 0.29) is 23.7 Å². The Morgan fingerprint density at radius 3 is 1.53 bits per heavy atom. The molecule has 7 nitrogen and oxygen atoms in total. The number of benzene rings is 2. The lowest BCUT2D eigenvalue weighted by atomic mass is 9.50. The van der Waals surface area contributed by atoms with Crippen LogP contribution in [-0.2, 0) is 0 Å². The van der Waals surface area contributed by atoms with Crippen LogP contribution in [-0.4, -0.2) is 39.8 Å². The zero-order valence-electron chi connectivity index (χ0n) is 22.4. The van der Waals surface area contributed by atoms with Crippen molar-refractivity contribution in [1.29, 1.82) is 0 Å². The van der Waals surface area contributed by atoms with Crippen LogP contribution in [0, 0.1) is 6.92 Å². The van der Waals surface area contributed by atoms with Gasteiger partial charge in [0.1, 0.15) is 0 Å². The van der Waals surface area contributed by atoms with Crippen LogP contribution in [0.5, 0.6) is 17.9 Å². The maximum Gasteiger partial charge on any atom is 0.319 e. The highest BCUT2D eigenvalue weighted by Crippen LogP contribution is 2.66. The smallest absolute Gasteiger partial charge is 0.319 e. The molecular formula is C31H34N4O3. The van der Waals surface area contributed by atoms with Gasteiger partial charge in [-0.05, 0) is 44.9 Å². The SMILES string of the molecule is CCOc1cc(C2[C@H](c3ccccc3)C(c3cc(C)nc(OCC)n3)[C@H]2c2ccccc2)nc(OCC)n1. The van der Waals surface area contributed by atoms with Crippen LogP contribution in [0.1, 0.15) is 72.7 Å². The molecule has 5 rings (SSSR count). The van der Waals surface area contributed by atoms with E-state index in [0.717, 1.165) is 17.1 Å². The standard InChI is InChI=1S/C31H34N4O3/c1-5-36-25-19-24(34-31(35-25)38-7-3)29-26(21-14-10-8-11-15-21)28(27(29)22-16-12-9-13-17-22)23-18-20(4)32-30(33-23)37-6-2/h8-19,26-29H,5-7H2,1-4H3/t26-,27-,28?,29?/m1/s1. The van der Waals surface area contributed by atoms with Crippen molar-refractivity contribution in [2.24, 2.45) is 0 Å². The molecule has 2 aromatic carbocycles. The fourth-order valence-corrected chi connectivity index (χ4v) is 5.60. The van der Waals surface area contributed by atoms with E-state index in [1.807, 2.05) is 45.9 Å². The van der Waals surface area contributed by atoms with Crippen molar-refractivity contribution in [2.75, 3.05) is 19.8 Å². The van der Waals surface area contributed by atoms with Gasteiger partial charge in [0.25, 0.3) is 0 Å². The van der Waals surface area contributed by atoms with Crippen LogP contribution in [0.3, 0.4) is 0 Å². The molecule has 0 bridgehead atoms. The van der Waals surface area contributed by atoms with Crippen LogP contribution >= 0.6 is 0 Å². The van der Waals surface area contributed by atoms with Crippen LogP contribution < -0.4 is 14.2 Å². The van der Waals surface area contributed by atoms with Crippen molar-refractivity contribution in [3.8, 4) is 17.9 Å². The summed E-state index contributed by atoms with van der Waals surface area (Å²) in [5.74, 6) is 0.899. The first kappa shape index (κ1) is 25.6. The maximum atomic E-state index is 5.84. The van der Waals surface area contributed by atoms with Crippen molar-refractivity contribution in [1.82, 2.24) is 19.9 Å². The minimum absolute atomic E-state index is 0.0528. The van der Waals surface area contributed by atoms with E-state index in [4.69, 9.17) is 24.2 Å². The van der Waals surface area contributed by atoms with E-state index in [1.54, 1.807) is 0 Å². The predicted octanol–water partition coefficient (Wildman–Crippen LogP) is 6.22. The van der Waals surface area contributed by atoms with Crippen molar-refractivity contribution in [3.63, 3.8) is 0 Å². The van der Waals surface area contributed by atoms with Gasteiger partial charge in [0, 0.05) is 35.4 Å². The molecule has 0 N–H and O–H groups in total. The molecule has 2 aromatic heterocycles.